The Labute approximate surface area is 75.7 Å². The lowest BCUT2D eigenvalue weighted by atomic mass is 10.1. The molecule has 1 fully saturated rings. The van der Waals surface area contributed by atoms with Crippen molar-refractivity contribution in [2.24, 2.45) is 0 Å². The van der Waals surface area contributed by atoms with Gasteiger partial charge in [0.05, 0.1) is 0 Å². The summed E-state index contributed by atoms with van der Waals surface area (Å²) in [6.07, 6.45) is 3.36. The quantitative estimate of drug-likeness (QED) is 0.611. The van der Waals surface area contributed by atoms with Crippen LogP contribution in [0.15, 0.2) is 9.59 Å². The third-order valence-corrected chi connectivity index (χ3v) is 2.59. The van der Waals surface area contributed by atoms with Gasteiger partial charge in [0.15, 0.2) is 0 Å². The van der Waals surface area contributed by atoms with Crippen molar-refractivity contribution in [3.05, 3.63) is 20.4 Å². The lowest BCUT2D eigenvalue weighted by Gasteiger charge is -2.29. The minimum atomic E-state index is -0.513. The molecule has 70 valence electrons. The normalized spacial score (nSPS) is 18.0. The van der Waals surface area contributed by atoms with E-state index in [0.717, 1.165) is 25.9 Å². The first-order valence-corrected chi connectivity index (χ1v) is 4.55. The van der Waals surface area contributed by atoms with Gasteiger partial charge in [0, 0.05) is 13.1 Å². The number of anilines is 2. The second-order valence-electron chi connectivity index (χ2n) is 3.47. The van der Waals surface area contributed by atoms with Crippen molar-refractivity contribution in [2.45, 2.75) is 19.3 Å². The fourth-order valence-corrected chi connectivity index (χ4v) is 1.83. The highest BCUT2D eigenvalue weighted by Gasteiger charge is 2.24. The van der Waals surface area contributed by atoms with E-state index < -0.39 is 10.9 Å². The molecule has 4 nitrogen and oxygen atoms in total. The van der Waals surface area contributed by atoms with Crippen LogP contribution in [-0.4, -0.2) is 13.1 Å². The number of nitrogen functional groups attached to an aromatic ring is 1. The van der Waals surface area contributed by atoms with E-state index in [2.05, 4.69) is 0 Å². The summed E-state index contributed by atoms with van der Waals surface area (Å²) in [5.74, 6) is 0. The molecule has 1 heterocycles. The van der Waals surface area contributed by atoms with Crippen molar-refractivity contribution >= 4 is 11.4 Å². The topological polar surface area (TPSA) is 63.4 Å². The second-order valence-corrected chi connectivity index (χ2v) is 3.47. The molecule has 0 saturated carbocycles. The molecule has 1 aliphatic heterocycles. The van der Waals surface area contributed by atoms with Crippen molar-refractivity contribution in [3.8, 4) is 0 Å². The standard InChI is InChI=1S/C9H12N2O2/c10-6-7(9(13)8(6)12)11-4-2-1-3-5-11/h1-5,10H2. The molecule has 1 aromatic carbocycles. The molecule has 4 heteroatoms. The number of nitrogens with zero attached hydrogens (tertiary/aromatic N) is 1. The number of piperidine rings is 1. The Balaban J connectivity index is 2.26. The Hall–Kier alpha value is -1.32. The van der Waals surface area contributed by atoms with Gasteiger partial charge in [-0.05, 0) is 19.3 Å². The average molecular weight is 180 g/mol. The van der Waals surface area contributed by atoms with Gasteiger partial charge in [0.1, 0.15) is 11.4 Å². The smallest absolute Gasteiger partial charge is 0.253 e. The van der Waals surface area contributed by atoms with Gasteiger partial charge in [0.25, 0.3) is 10.9 Å². The van der Waals surface area contributed by atoms with Crippen LogP contribution < -0.4 is 21.5 Å². The summed E-state index contributed by atoms with van der Waals surface area (Å²) in [7, 11) is 0. The Morgan fingerprint density at radius 2 is 1.62 bits per heavy atom. The molecule has 0 amide bonds. The Bertz CT molecular complexity index is 384. The van der Waals surface area contributed by atoms with Gasteiger partial charge in [-0.15, -0.1) is 0 Å². The van der Waals surface area contributed by atoms with E-state index in [9.17, 15) is 9.59 Å². The van der Waals surface area contributed by atoms with Gasteiger partial charge in [-0.25, -0.2) is 0 Å². The molecule has 0 bridgehead atoms. The van der Waals surface area contributed by atoms with Crippen molar-refractivity contribution in [1.82, 2.24) is 0 Å². The summed E-state index contributed by atoms with van der Waals surface area (Å²) < 4.78 is 0. The zero-order valence-corrected chi connectivity index (χ0v) is 7.38. The molecular weight excluding hydrogens is 168 g/mol. The van der Waals surface area contributed by atoms with Crippen LogP contribution >= 0.6 is 0 Å². The van der Waals surface area contributed by atoms with Gasteiger partial charge in [-0.1, -0.05) is 0 Å². The molecule has 1 saturated heterocycles. The third kappa shape index (κ3) is 1.13. The van der Waals surface area contributed by atoms with Crippen molar-refractivity contribution < 1.29 is 0 Å². The van der Waals surface area contributed by atoms with Crippen molar-refractivity contribution in [1.29, 1.82) is 0 Å². The average Bonchev–Trinajstić information content (AvgIpc) is 2.19. The maximum absolute atomic E-state index is 11.1. The summed E-state index contributed by atoms with van der Waals surface area (Å²) in [5.41, 5.74) is 5.16. The fraction of sp³-hybridized carbons (Fsp3) is 0.556. The lowest BCUT2D eigenvalue weighted by molar-refractivity contribution is 0.576. The number of hydrogen-bond acceptors (Lipinski definition) is 4. The van der Waals surface area contributed by atoms with E-state index in [4.69, 9.17) is 5.73 Å². The third-order valence-electron chi connectivity index (χ3n) is 2.59. The molecule has 0 atom stereocenters. The minimum absolute atomic E-state index is 0.159. The predicted octanol–water partition coefficient (Wildman–Crippen LogP) is -0.145. The molecule has 2 N–H and O–H groups in total. The van der Waals surface area contributed by atoms with Gasteiger partial charge in [0.2, 0.25) is 0 Å². The Morgan fingerprint density at radius 3 is 2.15 bits per heavy atom. The summed E-state index contributed by atoms with van der Waals surface area (Å²) in [5, 5.41) is 0. The van der Waals surface area contributed by atoms with Crippen LogP contribution in [0, 0.1) is 0 Å². The summed E-state index contributed by atoms with van der Waals surface area (Å²) >= 11 is 0. The van der Waals surface area contributed by atoms with E-state index in [0.29, 0.717) is 5.69 Å². The first-order chi connectivity index (χ1) is 6.22. The number of rotatable bonds is 1. The highest BCUT2D eigenvalue weighted by Crippen LogP contribution is 2.20. The molecule has 0 spiro atoms. The highest BCUT2D eigenvalue weighted by molar-refractivity contribution is 5.72. The van der Waals surface area contributed by atoms with Crippen LogP contribution in [0.3, 0.4) is 0 Å². The maximum atomic E-state index is 11.1. The zero-order valence-electron chi connectivity index (χ0n) is 7.38. The second kappa shape index (κ2) is 2.87. The van der Waals surface area contributed by atoms with Crippen LogP contribution in [0.2, 0.25) is 0 Å². The monoisotopic (exact) mass is 180 g/mol. The fourth-order valence-electron chi connectivity index (χ4n) is 1.83. The van der Waals surface area contributed by atoms with Crippen LogP contribution in [-0.2, 0) is 0 Å². The Kier molecular flexibility index (Phi) is 1.83. The SMILES string of the molecule is Nc1c(N2CCCCC2)c(=O)c1=O. The van der Waals surface area contributed by atoms with E-state index in [-0.39, 0.29) is 5.69 Å². The minimum Gasteiger partial charge on any atom is -0.394 e. The lowest BCUT2D eigenvalue weighted by Crippen LogP contribution is -2.44. The van der Waals surface area contributed by atoms with E-state index in [1.54, 1.807) is 0 Å². The van der Waals surface area contributed by atoms with Crippen LogP contribution in [0.5, 0.6) is 0 Å². The first kappa shape index (κ1) is 8.29. The molecule has 0 unspecified atom stereocenters. The predicted molar refractivity (Wildman–Crippen MR) is 51.8 cm³/mol. The molecule has 0 aliphatic carbocycles. The van der Waals surface area contributed by atoms with E-state index in [1.807, 2.05) is 4.90 Å². The summed E-state index contributed by atoms with van der Waals surface area (Å²) in [6.45, 7) is 1.71. The molecule has 0 aromatic heterocycles. The van der Waals surface area contributed by atoms with Crippen LogP contribution in [0.4, 0.5) is 11.4 Å². The van der Waals surface area contributed by atoms with E-state index in [1.165, 1.54) is 6.42 Å². The van der Waals surface area contributed by atoms with Gasteiger partial charge in [-0.3, -0.25) is 9.59 Å². The highest BCUT2D eigenvalue weighted by atomic mass is 16.2. The maximum Gasteiger partial charge on any atom is 0.253 e. The van der Waals surface area contributed by atoms with Crippen LogP contribution in [0.1, 0.15) is 19.3 Å². The molecule has 13 heavy (non-hydrogen) atoms. The number of nitrogens with two attached hydrogens (primary N) is 1. The summed E-state index contributed by atoms with van der Waals surface area (Å²) in [4.78, 5) is 23.9. The summed E-state index contributed by atoms with van der Waals surface area (Å²) in [6, 6.07) is 0. The van der Waals surface area contributed by atoms with Crippen LogP contribution in [0.25, 0.3) is 0 Å². The van der Waals surface area contributed by atoms with Crippen molar-refractivity contribution in [2.75, 3.05) is 23.7 Å². The molecular formula is C9H12N2O2. The number of hydrogen-bond donors (Lipinski definition) is 1. The van der Waals surface area contributed by atoms with E-state index >= 15 is 0 Å². The largest absolute Gasteiger partial charge is 0.394 e. The molecule has 1 aromatic rings. The first-order valence-electron chi connectivity index (χ1n) is 4.55. The van der Waals surface area contributed by atoms with Gasteiger partial charge >= 0.3 is 0 Å². The zero-order chi connectivity index (χ0) is 9.42. The molecule has 0 radical (unpaired) electrons. The Morgan fingerprint density at radius 1 is 1.00 bits per heavy atom. The van der Waals surface area contributed by atoms with Gasteiger partial charge < -0.3 is 10.6 Å². The molecule has 2 rings (SSSR count). The van der Waals surface area contributed by atoms with Crippen molar-refractivity contribution in [3.63, 3.8) is 0 Å². The molecule has 1 aliphatic rings. The van der Waals surface area contributed by atoms with Gasteiger partial charge in [-0.2, -0.15) is 0 Å².